The Morgan fingerprint density at radius 2 is 1.88 bits per heavy atom. The Balaban J connectivity index is 1.05. The molecular weight excluding hydrogens is 540 g/mol. The highest BCUT2D eigenvalue weighted by Gasteiger charge is 2.24. The zero-order chi connectivity index (χ0) is 28.2. The zero-order valence-electron chi connectivity index (χ0n) is 22.6. The number of rotatable bonds is 8. The minimum Gasteiger partial charge on any atom is -0.492 e. The number of benzene rings is 3. The number of aromatic nitrogens is 1. The maximum atomic E-state index is 13.1. The Labute approximate surface area is 242 Å². The van der Waals surface area contributed by atoms with Crippen LogP contribution in [0.15, 0.2) is 66.9 Å². The second kappa shape index (κ2) is 12.1. The summed E-state index contributed by atoms with van der Waals surface area (Å²) in [7, 11) is 0. The maximum absolute atomic E-state index is 13.1. The molecule has 2 N–H and O–H groups in total. The molecule has 3 heterocycles. The van der Waals surface area contributed by atoms with Crippen LogP contribution in [0, 0.1) is 6.92 Å². The molecule has 2 aliphatic heterocycles. The van der Waals surface area contributed by atoms with Crippen LogP contribution in [0.5, 0.6) is 17.2 Å². The van der Waals surface area contributed by atoms with Gasteiger partial charge in [0.25, 0.3) is 11.8 Å². The van der Waals surface area contributed by atoms with E-state index >= 15 is 0 Å². The normalized spacial score (nSPS) is 14.7. The minimum absolute atomic E-state index is 0.241. The SMILES string of the molecule is Cc1c(C(=O)NCc2cnc(-c3ccc(OCCN4CCOCC4)cc3)s2)ccc2c1NC(=O)c1ccccc1O2. The molecule has 0 aliphatic carbocycles. The van der Waals surface area contributed by atoms with Crippen molar-refractivity contribution in [2.75, 3.05) is 44.8 Å². The van der Waals surface area contributed by atoms with Crippen molar-refractivity contribution in [3.63, 3.8) is 0 Å². The Hall–Kier alpha value is -4.25. The molecule has 0 radical (unpaired) electrons. The zero-order valence-corrected chi connectivity index (χ0v) is 23.5. The molecule has 3 aromatic carbocycles. The van der Waals surface area contributed by atoms with E-state index < -0.39 is 0 Å². The number of para-hydroxylation sites is 1. The largest absolute Gasteiger partial charge is 0.492 e. The summed E-state index contributed by atoms with van der Waals surface area (Å²) in [5.41, 5.74) is 3.03. The van der Waals surface area contributed by atoms with Gasteiger partial charge in [0.2, 0.25) is 0 Å². The molecule has 2 amide bonds. The van der Waals surface area contributed by atoms with Crippen molar-refractivity contribution in [3.8, 4) is 27.8 Å². The molecule has 0 saturated carbocycles. The molecular formula is C31H30N4O5S. The molecule has 9 nitrogen and oxygen atoms in total. The second-order valence-electron chi connectivity index (χ2n) is 9.80. The summed E-state index contributed by atoms with van der Waals surface area (Å²) in [6.07, 6.45) is 1.78. The van der Waals surface area contributed by atoms with E-state index in [2.05, 4.69) is 20.5 Å². The Kier molecular flexibility index (Phi) is 7.95. The highest BCUT2D eigenvalue weighted by atomic mass is 32.1. The molecule has 10 heteroatoms. The molecule has 0 unspecified atom stereocenters. The van der Waals surface area contributed by atoms with Gasteiger partial charge in [0.1, 0.15) is 23.1 Å². The average molecular weight is 571 g/mol. The van der Waals surface area contributed by atoms with Crippen molar-refractivity contribution in [1.82, 2.24) is 15.2 Å². The number of hydrogen-bond acceptors (Lipinski definition) is 8. The van der Waals surface area contributed by atoms with Crippen molar-refractivity contribution in [3.05, 3.63) is 88.4 Å². The van der Waals surface area contributed by atoms with Crippen LogP contribution in [0.2, 0.25) is 0 Å². The van der Waals surface area contributed by atoms with Gasteiger partial charge in [-0.15, -0.1) is 11.3 Å². The third-order valence-electron chi connectivity index (χ3n) is 7.12. The van der Waals surface area contributed by atoms with Crippen molar-refractivity contribution >= 4 is 28.8 Å². The molecule has 2 aliphatic rings. The van der Waals surface area contributed by atoms with Gasteiger partial charge in [0.15, 0.2) is 5.75 Å². The summed E-state index contributed by atoms with van der Waals surface area (Å²) in [5.74, 6) is 1.29. The summed E-state index contributed by atoms with van der Waals surface area (Å²) in [5, 5.41) is 6.75. The van der Waals surface area contributed by atoms with Gasteiger partial charge in [-0.3, -0.25) is 14.5 Å². The molecule has 0 spiro atoms. The molecule has 0 bridgehead atoms. The van der Waals surface area contributed by atoms with Crippen LogP contribution in [0.25, 0.3) is 10.6 Å². The lowest BCUT2D eigenvalue weighted by atomic mass is 10.0. The fraction of sp³-hybridized carbons (Fsp3) is 0.258. The lowest BCUT2D eigenvalue weighted by molar-refractivity contribution is 0.0322. The van der Waals surface area contributed by atoms with Gasteiger partial charge in [-0.1, -0.05) is 12.1 Å². The minimum atomic E-state index is -0.273. The van der Waals surface area contributed by atoms with Crippen LogP contribution in [0.1, 0.15) is 31.2 Å². The van der Waals surface area contributed by atoms with Crippen LogP contribution in [-0.4, -0.2) is 61.2 Å². The lowest BCUT2D eigenvalue weighted by Gasteiger charge is -2.26. The molecule has 41 heavy (non-hydrogen) atoms. The molecule has 1 fully saturated rings. The number of nitrogens with zero attached hydrogens (tertiary/aromatic N) is 2. The quantitative estimate of drug-likeness (QED) is 0.303. The van der Waals surface area contributed by atoms with Crippen molar-refractivity contribution in [2.45, 2.75) is 13.5 Å². The monoisotopic (exact) mass is 570 g/mol. The molecule has 4 aromatic rings. The van der Waals surface area contributed by atoms with Gasteiger partial charge in [-0.2, -0.15) is 0 Å². The van der Waals surface area contributed by atoms with E-state index in [4.69, 9.17) is 14.2 Å². The van der Waals surface area contributed by atoms with Crippen molar-refractivity contribution in [2.24, 2.45) is 0 Å². The van der Waals surface area contributed by atoms with Crippen LogP contribution >= 0.6 is 11.3 Å². The predicted octanol–water partition coefficient (Wildman–Crippen LogP) is 5.12. The van der Waals surface area contributed by atoms with Crippen LogP contribution < -0.4 is 20.1 Å². The van der Waals surface area contributed by atoms with E-state index in [1.54, 1.807) is 43.5 Å². The summed E-state index contributed by atoms with van der Waals surface area (Å²) >= 11 is 1.53. The first-order chi connectivity index (χ1) is 20.0. The Bertz CT molecular complexity index is 1560. The van der Waals surface area contributed by atoms with E-state index in [1.165, 1.54) is 11.3 Å². The summed E-state index contributed by atoms with van der Waals surface area (Å²) in [6, 6.07) is 18.4. The van der Waals surface area contributed by atoms with Crippen LogP contribution in [0.3, 0.4) is 0 Å². The van der Waals surface area contributed by atoms with Crippen molar-refractivity contribution < 1.29 is 23.8 Å². The number of fused-ring (bicyclic) bond motifs is 2. The van der Waals surface area contributed by atoms with E-state index in [0.717, 1.165) is 54.0 Å². The van der Waals surface area contributed by atoms with E-state index in [0.29, 0.717) is 47.0 Å². The van der Waals surface area contributed by atoms with Crippen LogP contribution in [-0.2, 0) is 11.3 Å². The molecule has 1 saturated heterocycles. The molecule has 0 atom stereocenters. The number of anilines is 1. The lowest BCUT2D eigenvalue weighted by Crippen LogP contribution is -2.38. The van der Waals surface area contributed by atoms with Gasteiger partial charge in [0, 0.05) is 41.8 Å². The van der Waals surface area contributed by atoms with Gasteiger partial charge >= 0.3 is 0 Å². The number of ether oxygens (including phenoxy) is 3. The van der Waals surface area contributed by atoms with Crippen LogP contribution in [0.4, 0.5) is 5.69 Å². The topological polar surface area (TPSA) is 102 Å². The van der Waals surface area contributed by atoms with E-state index in [1.807, 2.05) is 30.3 Å². The highest BCUT2D eigenvalue weighted by molar-refractivity contribution is 7.15. The Morgan fingerprint density at radius 1 is 1.07 bits per heavy atom. The highest BCUT2D eigenvalue weighted by Crippen LogP contribution is 2.38. The summed E-state index contributed by atoms with van der Waals surface area (Å²) in [6.45, 7) is 7.12. The first-order valence-corrected chi connectivity index (χ1v) is 14.3. The Morgan fingerprint density at radius 3 is 2.71 bits per heavy atom. The van der Waals surface area contributed by atoms with Gasteiger partial charge in [-0.25, -0.2) is 4.98 Å². The van der Waals surface area contributed by atoms with Gasteiger partial charge in [0.05, 0.1) is 31.0 Å². The van der Waals surface area contributed by atoms with E-state index in [-0.39, 0.29) is 11.8 Å². The number of hydrogen-bond donors (Lipinski definition) is 2. The smallest absolute Gasteiger partial charge is 0.259 e. The first kappa shape index (κ1) is 26.9. The summed E-state index contributed by atoms with van der Waals surface area (Å²) in [4.78, 5) is 33.7. The number of carbonyl (C=O) groups excluding carboxylic acids is 2. The number of carbonyl (C=O) groups is 2. The first-order valence-electron chi connectivity index (χ1n) is 13.5. The molecule has 1 aromatic heterocycles. The number of thiazole rings is 1. The number of nitrogens with one attached hydrogen (secondary N) is 2. The third kappa shape index (κ3) is 6.09. The second-order valence-corrected chi connectivity index (χ2v) is 10.9. The predicted molar refractivity (Wildman–Crippen MR) is 157 cm³/mol. The fourth-order valence-electron chi connectivity index (χ4n) is 4.81. The maximum Gasteiger partial charge on any atom is 0.259 e. The molecule has 6 rings (SSSR count). The van der Waals surface area contributed by atoms with Gasteiger partial charge < -0.3 is 24.8 Å². The number of amides is 2. The standard InChI is InChI=1S/C31H30N4O5S/c1-20-24(10-11-27-28(20)34-30(37)25-4-2-3-5-26(25)40-27)29(36)32-18-23-19-33-31(41-23)21-6-8-22(9-7-21)39-17-14-35-12-15-38-16-13-35/h2-11,19H,12-18H2,1H3,(H,32,36)(H,34,37). The number of morpholine rings is 1. The van der Waals surface area contributed by atoms with E-state index in [9.17, 15) is 9.59 Å². The fourth-order valence-corrected chi connectivity index (χ4v) is 5.67. The van der Waals surface area contributed by atoms with Crippen molar-refractivity contribution in [1.29, 1.82) is 0 Å². The third-order valence-corrected chi connectivity index (χ3v) is 8.17. The molecule has 210 valence electrons. The van der Waals surface area contributed by atoms with Gasteiger partial charge in [-0.05, 0) is 61.0 Å². The summed E-state index contributed by atoms with van der Waals surface area (Å²) < 4.78 is 17.3. The average Bonchev–Trinajstić information content (AvgIpc) is 3.42.